The van der Waals surface area contributed by atoms with E-state index in [1.54, 1.807) is 37.3 Å². The van der Waals surface area contributed by atoms with Crippen molar-refractivity contribution < 1.29 is 23.8 Å². The van der Waals surface area contributed by atoms with Crippen LogP contribution < -0.4 is 24.4 Å². The van der Waals surface area contributed by atoms with Crippen LogP contribution in [0, 0.1) is 5.92 Å². The molecule has 2 heterocycles. The van der Waals surface area contributed by atoms with E-state index in [1.165, 1.54) is 18.4 Å². The van der Waals surface area contributed by atoms with Gasteiger partial charge in [0.1, 0.15) is 17.2 Å². The molecule has 1 aliphatic heterocycles. The zero-order chi connectivity index (χ0) is 21.3. The first-order valence-corrected chi connectivity index (χ1v) is 10.1. The lowest BCUT2D eigenvalue weighted by atomic mass is 10.1. The van der Waals surface area contributed by atoms with Crippen LogP contribution in [0.15, 0.2) is 36.4 Å². The predicted molar refractivity (Wildman–Crippen MR) is 115 cm³/mol. The molecule has 0 radical (unpaired) electrons. The zero-order valence-corrected chi connectivity index (χ0v) is 17.6. The monoisotopic (exact) mass is 427 g/mol. The minimum atomic E-state index is -0.481. The van der Waals surface area contributed by atoms with Gasteiger partial charge in [0, 0.05) is 19.0 Å². The Morgan fingerprint density at radius 3 is 2.57 bits per heavy atom. The number of fused-ring (bicyclic) bond motifs is 1. The molecule has 2 aromatic carbocycles. The Balaban J connectivity index is 1.49. The van der Waals surface area contributed by atoms with Crippen LogP contribution in [-0.4, -0.2) is 44.7 Å². The SMILES string of the molecule is COc1ccc(N2C[C@@H](C(=O)Nc3nc4ccc(OC)cc4s3)CC2=O)c(OC)c1. The number of ether oxygens (including phenoxy) is 3. The summed E-state index contributed by atoms with van der Waals surface area (Å²) < 4.78 is 16.7. The standard InChI is InChI=1S/C21H21N3O5S/c1-27-13-5-7-16(17(9-13)29-3)24-11-12(8-19(24)25)20(26)23-21-22-15-6-4-14(28-2)10-18(15)30-21/h4-7,9-10,12H,8,11H2,1-3H3,(H,22,23,26)/t12-/m0/s1. The van der Waals surface area contributed by atoms with E-state index in [0.29, 0.717) is 22.3 Å². The van der Waals surface area contributed by atoms with Crippen molar-refractivity contribution >= 4 is 44.2 Å². The fourth-order valence-electron chi connectivity index (χ4n) is 3.42. The first-order valence-electron chi connectivity index (χ1n) is 9.30. The van der Waals surface area contributed by atoms with Crippen LogP contribution in [-0.2, 0) is 9.59 Å². The maximum Gasteiger partial charge on any atom is 0.231 e. The summed E-state index contributed by atoms with van der Waals surface area (Å²) in [6.45, 7) is 0.270. The lowest BCUT2D eigenvalue weighted by Crippen LogP contribution is -2.28. The molecule has 3 aromatic rings. The van der Waals surface area contributed by atoms with Gasteiger partial charge in [0.15, 0.2) is 5.13 Å². The van der Waals surface area contributed by atoms with E-state index in [4.69, 9.17) is 14.2 Å². The molecule has 4 rings (SSSR count). The Kier molecular flexibility index (Phi) is 5.45. The minimum absolute atomic E-state index is 0.125. The number of carbonyl (C=O) groups is 2. The summed E-state index contributed by atoms with van der Waals surface area (Å²) >= 11 is 1.37. The Morgan fingerprint density at radius 2 is 1.83 bits per heavy atom. The Hall–Kier alpha value is -3.33. The number of nitrogens with one attached hydrogen (secondary N) is 1. The summed E-state index contributed by atoms with van der Waals surface area (Å²) in [7, 11) is 4.70. The van der Waals surface area contributed by atoms with E-state index in [1.807, 2.05) is 18.2 Å². The van der Waals surface area contributed by atoms with Gasteiger partial charge in [-0.2, -0.15) is 0 Å². The number of amides is 2. The maximum absolute atomic E-state index is 12.8. The van der Waals surface area contributed by atoms with Crippen LogP contribution >= 0.6 is 11.3 Å². The molecule has 156 valence electrons. The van der Waals surface area contributed by atoms with Crippen LogP contribution in [0.5, 0.6) is 17.2 Å². The Morgan fingerprint density at radius 1 is 1.10 bits per heavy atom. The normalized spacial score (nSPS) is 16.0. The molecule has 1 aromatic heterocycles. The van der Waals surface area contributed by atoms with E-state index in [-0.39, 0.29) is 24.8 Å². The summed E-state index contributed by atoms with van der Waals surface area (Å²) in [4.78, 5) is 31.4. The molecule has 0 saturated carbocycles. The predicted octanol–water partition coefficient (Wildman–Crippen LogP) is 3.31. The summed E-state index contributed by atoms with van der Waals surface area (Å²) in [5.74, 6) is 1.03. The number of hydrogen-bond acceptors (Lipinski definition) is 7. The van der Waals surface area contributed by atoms with E-state index in [2.05, 4.69) is 10.3 Å². The van der Waals surface area contributed by atoms with E-state index in [0.717, 1.165) is 16.0 Å². The summed E-state index contributed by atoms with van der Waals surface area (Å²) in [5, 5.41) is 3.34. The lowest BCUT2D eigenvalue weighted by Gasteiger charge is -2.20. The third kappa shape index (κ3) is 3.76. The van der Waals surface area contributed by atoms with Crippen LogP contribution in [0.4, 0.5) is 10.8 Å². The van der Waals surface area contributed by atoms with Crippen LogP contribution in [0.3, 0.4) is 0 Å². The molecular weight excluding hydrogens is 406 g/mol. The fourth-order valence-corrected chi connectivity index (χ4v) is 4.31. The highest BCUT2D eigenvalue weighted by Gasteiger charge is 2.36. The third-order valence-corrected chi connectivity index (χ3v) is 5.93. The number of aromatic nitrogens is 1. The Bertz CT molecular complexity index is 1110. The third-order valence-electron chi connectivity index (χ3n) is 5.00. The molecule has 8 nitrogen and oxygen atoms in total. The van der Waals surface area contributed by atoms with Crippen molar-refractivity contribution in [3.63, 3.8) is 0 Å². The highest BCUT2D eigenvalue weighted by atomic mass is 32.1. The zero-order valence-electron chi connectivity index (χ0n) is 16.8. The number of carbonyl (C=O) groups excluding carboxylic acids is 2. The van der Waals surface area contributed by atoms with Gasteiger partial charge in [-0.15, -0.1) is 0 Å². The first kappa shape index (κ1) is 20.0. The number of anilines is 2. The van der Waals surface area contributed by atoms with Gasteiger partial charge < -0.3 is 24.4 Å². The van der Waals surface area contributed by atoms with Gasteiger partial charge >= 0.3 is 0 Å². The fraction of sp³-hybridized carbons (Fsp3) is 0.286. The molecule has 0 spiro atoms. The topological polar surface area (TPSA) is 90.0 Å². The first-order chi connectivity index (χ1) is 14.5. The van der Waals surface area contributed by atoms with Crippen LogP contribution in [0.25, 0.3) is 10.2 Å². The number of thiazole rings is 1. The van der Waals surface area contributed by atoms with Gasteiger partial charge in [-0.05, 0) is 30.3 Å². The van der Waals surface area contributed by atoms with Gasteiger partial charge in [0.05, 0.1) is 43.2 Å². The molecular formula is C21H21N3O5S. The average Bonchev–Trinajstić information content (AvgIpc) is 3.35. The molecule has 0 unspecified atom stereocenters. The number of benzene rings is 2. The summed E-state index contributed by atoms with van der Waals surface area (Å²) in [6, 6.07) is 10.8. The Labute approximate surface area is 177 Å². The van der Waals surface area contributed by atoms with Gasteiger partial charge in [-0.1, -0.05) is 11.3 Å². The minimum Gasteiger partial charge on any atom is -0.497 e. The van der Waals surface area contributed by atoms with E-state index in [9.17, 15) is 9.59 Å². The van der Waals surface area contributed by atoms with Gasteiger partial charge in [0.2, 0.25) is 11.8 Å². The highest BCUT2D eigenvalue weighted by Crippen LogP contribution is 2.36. The van der Waals surface area contributed by atoms with Gasteiger partial charge in [0.25, 0.3) is 0 Å². The lowest BCUT2D eigenvalue weighted by molar-refractivity contribution is -0.122. The summed E-state index contributed by atoms with van der Waals surface area (Å²) in [5.41, 5.74) is 1.40. The molecule has 1 fully saturated rings. The smallest absolute Gasteiger partial charge is 0.231 e. The van der Waals surface area contributed by atoms with Crippen molar-refractivity contribution in [3.8, 4) is 17.2 Å². The second-order valence-corrected chi connectivity index (χ2v) is 7.82. The van der Waals surface area contributed by atoms with Crippen molar-refractivity contribution in [1.29, 1.82) is 0 Å². The van der Waals surface area contributed by atoms with Gasteiger partial charge in [-0.3, -0.25) is 9.59 Å². The van der Waals surface area contributed by atoms with Gasteiger partial charge in [-0.25, -0.2) is 4.98 Å². The molecule has 1 N–H and O–H groups in total. The summed E-state index contributed by atoms with van der Waals surface area (Å²) in [6.07, 6.45) is 0.125. The highest BCUT2D eigenvalue weighted by molar-refractivity contribution is 7.22. The quantitative estimate of drug-likeness (QED) is 0.649. The molecule has 1 atom stereocenters. The van der Waals surface area contributed by atoms with Crippen molar-refractivity contribution in [1.82, 2.24) is 4.98 Å². The van der Waals surface area contributed by atoms with Crippen molar-refractivity contribution in [2.24, 2.45) is 5.92 Å². The number of hydrogen-bond donors (Lipinski definition) is 1. The molecule has 9 heteroatoms. The number of nitrogens with zero attached hydrogens (tertiary/aromatic N) is 2. The van der Waals surface area contributed by atoms with E-state index >= 15 is 0 Å². The second-order valence-electron chi connectivity index (χ2n) is 6.79. The van der Waals surface area contributed by atoms with Crippen LogP contribution in [0.2, 0.25) is 0 Å². The molecule has 0 aliphatic carbocycles. The van der Waals surface area contributed by atoms with Crippen LogP contribution in [0.1, 0.15) is 6.42 Å². The number of rotatable bonds is 6. The largest absolute Gasteiger partial charge is 0.497 e. The van der Waals surface area contributed by atoms with Crippen molar-refractivity contribution in [2.45, 2.75) is 6.42 Å². The molecule has 1 saturated heterocycles. The van der Waals surface area contributed by atoms with Crippen molar-refractivity contribution in [2.75, 3.05) is 38.1 Å². The molecule has 0 bridgehead atoms. The average molecular weight is 427 g/mol. The van der Waals surface area contributed by atoms with Crippen molar-refractivity contribution in [3.05, 3.63) is 36.4 Å². The second kappa shape index (κ2) is 8.19. The van der Waals surface area contributed by atoms with E-state index < -0.39 is 5.92 Å². The number of methoxy groups -OCH3 is 3. The molecule has 1 aliphatic rings. The maximum atomic E-state index is 12.8. The molecule has 2 amide bonds. The molecule has 30 heavy (non-hydrogen) atoms.